The topological polar surface area (TPSA) is 78.9 Å². The summed E-state index contributed by atoms with van der Waals surface area (Å²) in [4.78, 5) is 14.2. The van der Waals surface area contributed by atoms with Crippen LogP contribution in [0.25, 0.3) is 0 Å². The zero-order chi connectivity index (χ0) is 16.0. The van der Waals surface area contributed by atoms with E-state index >= 15 is 0 Å². The molecule has 0 spiro atoms. The SMILES string of the molecule is Cc1ccc(F)cc1C(=O)N(CCC(N)=NO)CC(C)C. The van der Waals surface area contributed by atoms with Crippen LogP contribution in [0.5, 0.6) is 0 Å². The van der Waals surface area contributed by atoms with Crippen molar-refractivity contribution in [3.8, 4) is 0 Å². The highest BCUT2D eigenvalue weighted by Crippen LogP contribution is 2.14. The zero-order valence-corrected chi connectivity index (χ0v) is 12.6. The number of hydrogen-bond acceptors (Lipinski definition) is 3. The van der Waals surface area contributed by atoms with Crippen LogP contribution in [0.15, 0.2) is 23.4 Å². The highest BCUT2D eigenvalue weighted by molar-refractivity contribution is 5.96. The standard InChI is InChI=1S/C15H22FN3O2/c1-10(2)9-19(7-6-14(17)18-21)15(20)13-8-12(16)5-4-11(13)3/h4-5,8,10,21H,6-7,9H2,1-3H3,(H2,17,18). The Morgan fingerprint density at radius 2 is 2.14 bits per heavy atom. The molecule has 0 atom stereocenters. The maximum Gasteiger partial charge on any atom is 0.254 e. The van der Waals surface area contributed by atoms with Gasteiger partial charge in [0.05, 0.1) is 0 Å². The third kappa shape index (κ3) is 5.06. The van der Waals surface area contributed by atoms with Gasteiger partial charge in [-0.15, -0.1) is 0 Å². The van der Waals surface area contributed by atoms with Crippen molar-refractivity contribution in [2.24, 2.45) is 16.8 Å². The number of amides is 1. The van der Waals surface area contributed by atoms with Gasteiger partial charge >= 0.3 is 0 Å². The van der Waals surface area contributed by atoms with Crippen LogP contribution in [0.2, 0.25) is 0 Å². The van der Waals surface area contributed by atoms with Gasteiger partial charge in [0.2, 0.25) is 0 Å². The van der Waals surface area contributed by atoms with Crippen LogP contribution in [-0.4, -0.2) is 34.9 Å². The number of oxime groups is 1. The van der Waals surface area contributed by atoms with Gasteiger partial charge in [0.15, 0.2) is 0 Å². The van der Waals surface area contributed by atoms with E-state index in [1.165, 1.54) is 12.1 Å². The first-order chi connectivity index (χ1) is 9.85. The van der Waals surface area contributed by atoms with Crippen molar-refractivity contribution in [2.75, 3.05) is 13.1 Å². The summed E-state index contributed by atoms with van der Waals surface area (Å²) in [5.41, 5.74) is 6.51. The van der Waals surface area contributed by atoms with E-state index in [4.69, 9.17) is 10.9 Å². The molecule has 5 nitrogen and oxygen atoms in total. The van der Waals surface area contributed by atoms with E-state index in [1.807, 2.05) is 13.8 Å². The molecule has 0 saturated heterocycles. The minimum absolute atomic E-state index is 0.0625. The number of carbonyl (C=O) groups is 1. The molecule has 0 aliphatic rings. The molecule has 0 fully saturated rings. The summed E-state index contributed by atoms with van der Waals surface area (Å²) in [5, 5.41) is 11.5. The number of nitrogens with zero attached hydrogens (tertiary/aromatic N) is 2. The van der Waals surface area contributed by atoms with Crippen LogP contribution >= 0.6 is 0 Å². The first kappa shape index (κ1) is 16.9. The molecule has 0 radical (unpaired) electrons. The van der Waals surface area contributed by atoms with E-state index in [0.717, 1.165) is 5.56 Å². The van der Waals surface area contributed by atoms with E-state index in [1.54, 1.807) is 17.9 Å². The molecule has 116 valence electrons. The first-order valence-corrected chi connectivity index (χ1v) is 6.87. The molecule has 6 heteroatoms. The van der Waals surface area contributed by atoms with E-state index in [9.17, 15) is 9.18 Å². The van der Waals surface area contributed by atoms with Crippen LogP contribution in [0, 0.1) is 18.7 Å². The van der Waals surface area contributed by atoms with Gasteiger partial charge in [0.25, 0.3) is 5.91 Å². The summed E-state index contributed by atoms with van der Waals surface area (Å²) in [6.45, 7) is 6.59. The highest BCUT2D eigenvalue weighted by Gasteiger charge is 2.19. The van der Waals surface area contributed by atoms with Gasteiger partial charge in [0, 0.05) is 25.1 Å². The quantitative estimate of drug-likeness (QED) is 0.366. The number of aryl methyl sites for hydroxylation is 1. The number of nitrogens with two attached hydrogens (primary N) is 1. The van der Waals surface area contributed by atoms with E-state index in [0.29, 0.717) is 18.7 Å². The number of amidine groups is 1. The lowest BCUT2D eigenvalue weighted by molar-refractivity contribution is 0.0739. The third-order valence-electron chi connectivity index (χ3n) is 3.07. The zero-order valence-electron chi connectivity index (χ0n) is 12.6. The van der Waals surface area contributed by atoms with E-state index < -0.39 is 5.82 Å². The number of halogens is 1. The summed E-state index contributed by atoms with van der Waals surface area (Å²) < 4.78 is 13.4. The average Bonchev–Trinajstić information content (AvgIpc) is 2.44. The second kappa shape index (κ2) is 7.61. The number of carbonyl (C=O) groups excluding carboxylic acids is 1. The number of rotatable bonds is 6. The summed E-state index contributed by atoms with van der Waals surface area (Å²) in [5.74, 6) is -0.362. The van der Waals surface area contributed by atoms with Gasteiger partial charge in [-0.3, -0.25) is 4.79 Å². The van der Waals surface area contributed by atoms with Crippen LogP contribution in [0.3, 0.4) is 0 Å². The fourth-order valence-corrected chi connectivity index (χ4v) is 2.01. The molecule has 1 aromatic rings. The molecule has 0 aliphatic heterocycles. The molecule has 0 bridgehead atoms. The van der Waals surface area contributed by atoms with Gasteiger partial charge in [-0.05, 0) is 30.5 Å². The van der Waals surface area contributed by atoms with Crippen LogP contribution in [0.4, 0.5) is 4.39 Å². The second-order valence-corrected chi connectivity index (χ2v) is 5.45. The Kier molecular flexibility index (Phi) is 6.14. The number of benzene rings is 1. The molecule has 0 aliphatic carbocycles. The molecule has 1 rings (SSSR count). The van der Waals surface area contributed by atoms with Crippen molar-refractivity contribution in [2.45, 2.75) is 27.2 Å². The van der Waals surface area contributed by atoms with Crippen LogP contribution < -0.4 is 5.73 Å². The normalized spacial score (nSPS) is 11.8. The Hall–Kier alpha value is -2.11. The minimum atomic E-state index is -0.440. The van der Waals surface area contributed by atoms with Gasteiger partial charge < -0.3 is 15.8 Å². The predicted molar refractivity (Wildman–Crippen MR) is 79.9 cm³/mol. The summed E-state index contributed by atoms with van der Waals surface area (Å²) in [6.07, 6.45) is 0.267. The molecule has 0 aromatic heterocycles. The van der Waals surface area contributed by atoms with Crippen LogP contribution in [0.1, 0.15) is 36.2 Å². The Morgan fingerprint density at radius 3 is 2.71 bits per heavy atom. The maximum absolute atomic E-state index is 13.4. The molecular formula is C15H22FN3O2. The molecule has 0 heterocycles. The number of hydrogen-bond donors (Lipinski definition) is 2. The van der Waals surface area contributed by atoms with Gasteiger partial charge in [-0.25, -0.2) is 4.39 Å². The molecule has 0 saturated carbocycles. The fraction of sp³-hybridized carbons (Fsp3) is 0.467. The fourth-order valence-electron chi connectivity index (χ4n) is 2.01. The lowest BCUT2D eigenvalue weighted by atomic mass is 10.1. The maximum atomic E-state index is 13.4. The molecule has 3 N–H and O–H groups in total. The summed E-state index contributed by atoms with van der Waals surface area (Å²) in [7, 11) is 0. The van der Waals surface area contributed by atoms with Crippen LogP contribution in [-0.2, 0) is 0 Å². The molecule has 0 unspecified atom stereocenters. The van der Waals surface area contributed by atoms with Crippen molar-refractivity contribution < 1.29 is 14.4 Å². The summed E-state index contributed by atoms with van der Waals surface area (Å²) >= 11 is 0. The van der Waals surface area contributed by atoms with Gasteiger partial charge in [0.1, 0.15) is 11.7 Å². The van der Waals surface area contributed by atoms with E-state index in [-0.39, 0.29) is 24.1 Å². The molecule has 1 aromatic carbocycles. The molecule has 21 heavy (non-hydrogen) atoms. The minimum Gasteiger partial charge on any atom is -0.409 e. The molecular weight excluding hydrogens is 273 g/mol. The van der Waals surface area contributed by atoms with Crippen molar-refractivity contribution >= 4 is 11.7 Å². The largest absolute Gasteiger partial charge is 0.409 e. The second-order valence-electron chi connectivity index (χ2n) is 5.45. The Bertz CT molecular complexity index is 530. The van der Waals surface area contributed by atoms with Gasteiger partial charge in [-0.2, -0.15) is 0 Å². The van der Waals surface area contributed by atoms with Crippen molar-refractivity contribution in [3.05, 3.63) is 35.1 Å². The smallest absolute Gasteiger partial charge is 0.254 e. The molecule has 1 amide bonds. The predicted octanol–water partition coefficient (Wildman–Crippen LogP) is 2.37. The van der Waals surface area contributed by atoms with E-state index in [2.05, 4.69) is 5.16 Å². The summed E-state index contributed by atoms with van der Waals surface area (Å²) in [6, 6.07) is 4.16. The Morgan fingerprint density at radius 1 is 1.48 bits per heavy atom. The lowest BCUT2D eigenvalue weighted by Crippen LogP contribution is -2.37. The Balaban J connectivity index is 2.96. The Labute approximate surface area is 124 Å². The average molecular weight is 295 g/mol. The third-order valence-corrected chi connectivity index (χ3v) is 3.07. The monoisotopic (exact) mass is 295 g/mol. The van der Waals surface area contributed by atoms with Crippen molar-refractivity contribution in [1.82, 2.24) is 4.90 Å². The first-order valence-electron chi connectivity index (χ1n) is 6.87. The van der Waals surface area contributed by atoms with Crippen molar-refractivity contribution in [1.29, 1.82) is 0 Å². The lowest BCUT2D eigenvalue weighted by Gasteiger charge is -2.25. The van der Waals surface area contributed by atoms with Gasteiger partial charge in [-0.1, -0.05) is 25.1 Å². The van der Waals surface area contributed by atoms with Crippen molar-refractivity contribution in [3.63, 3.8) is 0 Å². The highest BCUT2D eigenvalue weighted by atomic mass is 19.1.